The summed E-state index contributed by atoms with van der Waals surface area (Å²) in [5, 5.41) is 6.00. The highest BCUT2D eigenvalue weighted by molar-refractivity contribution is 7.13. The van der Waals surface area contributed by atoms with Crippen LogP contribution < -0.4 is 5.32 Å². The number of halogens is 1. The second kappa shape index (κ2) is 6.58. The lowest BCUT2D eigenvalue weighted by Crippen LogP contribution is -2.32. The van der Waals surface area contributed by atoms with Crippen LogP contribution in [0.3, 0.4) is 0 Å². The third-order valence-electron chi connectivity index (χ3n) is 3.77. The Labute approximate surface area is 133 Å². The predicted molar refractivity (Wildman–Crippen MR) is 86.8 cm³/mol. The van der Waals surface area contributed by atoms with E-state index in [2.05, 4.69) is 10.3 Å². The number of amides is 1. The Kier molecular flexibility index (Phi) is 4.56. The van der Waals surface area contributed by atoms with Gasteiger partial charge in [0.25, 0.3) is 5.91 Å². The van der Waals surface area contributed by atoms with E-state index < -0.39 is 0 Å². The average Bonchev–Trinajstić information content (AvgIpc) is 3.18. The third-order valence-corrected chi connectivity index (χ3v) is 4.99. The van der Waals surface area contributed by atoms with E-state index in [-0.39, 0.29) is 5.91 Å². The van der Waals surface area contributed by atoms with E-state index >= 15 is 0 Å². The fourth-order valence-electron chi connectivity index (χ4n) is 2.60. The van der Waals surface area contributed by atoms with E-state index in [0.29, 0.717) is 17.5 Å². The van der Waals surface area contributed by atoms with E-state index in [1.54, 1.807) is 11.3 Å². The molecule has 0 spiro atoms. The molecule has 1 aliphatic rings. The summed E-state index contributed by atoms with van der Waals surface area (Å²) in [6.07, 6.45) is 4.64. The molecule has 1 aromatic carbocycles. The summed E-state index contributed by atoms with van der Waals surface area (Å²) in [5.41, 5.74) is 2.62. The Morgan fingerprint density at radius 3 is 2.62 bits per heavy atom. The smallest absolute Gasteiger partial charge is 0.251 e. The lowest BCUT2D eigenvalue weighted by atomic mass is 10.1. The first-order valence-electron chi connectivity index (χ1n) is 7.18. The van der Waals surface area contributed by atoms with E-state index in [9.17, 15) is 4.79 Å². The number of carbonyl (C=O) groups excluding carboxylic acids is 1. The van der Waals surface area contributed by atoms with Crippen molar-refractivity contribution in [3.05, 3.63) is 40.9 Å². The fraction of sp³-hybridized carbons (Fsp3) is 0.375. The number of hydrogen-bond donors (Lipinski definition) is 1. The van der Waals surface area contributed by atoms with Crippen LogP contribution in [0.2, 0.25) is 0 Å². The van der Waals surface area contributed by atoms with Crippen molar-refractivity contribution in [1.82, 2.24) is 10.3 Å². The molecule has 0 saturated heterocycles. The minimum atomic E-state index is 0.0223. The van der Waals surface area contributed by atoms with Crippen molar-refractivity contribution < 1.29 is 4.79 Å². The monoisotopic (exact) mass is 320 g/mol. The first-order chi connectivity index (χ1) is 10.3. The number of alkyl halides is 1. The van der Waals surface area contributed by atoms with Gasteiger partial charge < -0.3 is 5.32 Å². The van der Waals surface area contributed by atoms with Gasteiger partial charge in [0, 0.05) is 22.5 Å². The van der Waals surface area contributed by atoms with Crippen LogP contribution in [0, 0.1) is 0 Å². The number of benzene rings is 1. The summed E-state index contributed by atoms with van der Waals surface area (Å²) in [5.74, 6) is 0.451. The highest BCUT2D eigenvalue weighted by Crippen LogP contribution is 2.25. The Balaban J connectivity index is 1.69. The van der Waals surface area contributed by atoms with Crippen molar-refractivity contribution in [2.24, 2.45) is 0 Å². The lowest BCUT2D eigenvalue weighted by Gasteiger charge is -2.11. The van der Waals surface area contributed by atoms with Gasteiger partial charge in [-0.25, -0.2) is 4.98 Å². The molecular weight excluding hydrogens is 304 g/mol. The van der Waals surface area contributed by atoms with Gasteiger partial charge in [-0.15, -0.1) is 22.9 Å². The second-order valence-corrected chi connectivity index (χ2v) is 6.44. The maximum Gasteiger partial charge on any atom is 0.251 e. The SMILES string of the molecule is O=C(NC1CCCC1)c1ccc(-c2nc(CCl)cs2)cc1. The number of nitrogens with one attached hydrogen (secondary N) is 1. The van der Waals surface area contributed by atoms with Crippen molar-refractivity contribution in [2.75, 3.05) is 0 Å². The molecule has 3 nitrogen and oxygen atoms in total. The molecule has 21 heavy (non-hydrogen) atoms. The Hall–Kier alpha value is -1.39. The largest absolute Gasteiger partial charge is 0.349 e. The molecule has 2 aromatic rings. The standard InChI is InChI=1S/C16H17ClN2OS/c17-9-14-10-21-16(19-14)12-7-5-11(6-8-12)15(20)18-13-3-1-2-4-13/h5-8,10,13H,1-4,9H2,(H,18,20). The van der Waals surface area contributed by atoms with Gasteiger partial charge >= 0.3 is 0 Å². The first-order valence-corrected chi connectivity index (χ1v) is 8.59. The predicted octanol–water partition coefficient (Wildman–Crippen LogP) is 4.22. The van der Waals surface area contributed by atoms with Crippen LogP contribution in [0.1, 0.15) is 41.7 Å². The number of carbonyl (C=O) groups is 1. The van der Waals surface area contributed by atoms with Crippen molar-refractivity contribution in [3.8, 4) is 10.6 Å². The lowest BCUT2D eigenvalue weighted by molar-refractivity contribution is 0.0938. The molecule has 1 N–H and O–H groups in total. The molecule has 5 heteroatoms. The molecule has 1 fully saturated rings. The molecule has 0 bridgehead atoms. The van der Waals surface area contributed by atoms with E-state index in [1.165, 1.54) is 12.8 Å². The Morgan fingerprint density at radius 2 is 2.00 bits per heavy atom. The zero-order valence-electron chi connectivity index (χ0n) is 11.6. The fourth-order valence-corrected chi connectivity index (χ4v) is 3.66. The molecule has 110 valence electrons. The minimum Gasteiger partial charge on any atom is -0.349 e. The topological polar surface area (TPSA) is 42.0 Å². The molecule has 1 heterocycles. The molecule has 0 atom stereocenters. The van der Waals surface area contributed by atoms with Crippen LogP contribution in [0.15, 0.2) is 29.6 Å². The summed E-state index contributed by atoms with van der Waals surface area (Å²) >= 11 is 7.34. The highest BCUT2D eigenvalue weighted by Gasteiger charge is 2.17. The van der Waals surface area contributed by atoms with Gasteiger partial charge in [0.05, 0.1) is 11.6 Å². The number of thiazole rings is 1. The van der Waals surface area contributed by atoms with E-state index in [1.807, 2.05) is 29.6 Å². The quantitative estimate of drug-likeness (QED) is 0.857. The number of aromatic nitrogens is 1. The normalized spacial score (nSPS) is 15.3. The molecule has 0 aliphatic heterocycles. The van der Waals surface area contributed by atoms with Crippen molar-refractivity contribution >= 4 is 28.8 Å². The van der Waals surface area contributed by atoms with E-state index in [4.69, 9.17) is 11.6 Å². The van der Waals surface area contributed by atoms with Crippen LogP contribution in [-0.4, -0.2) is 16.9 Å². The van der Waals surface area contributed by atoms with E-state index in [0.717, 1.165) is 29.1 Å². The molecule has 0 unspecified atom stereocenters. The molecule has 1 aromatic heterocycles. The molecule has 3 rings (SSSR count). The summed E-state index contributed by atoms with van der Waals surface area (Å²) in [7, 11) is 0. The Morgan fingerprint density at radius 1 is 1.29 bits per heavy atom. The van der Waals surface area contributed by atoms with Crippen molar-refractivity contribution in [1.29, 1.82) is 0 Å². The van der Waals surface area contributed by atoms with Crippen LogP contribution in [0.5, 0.6) is 0 Å². The summed E-state index contributed by atoms with van der Waals surface area (Å²) in [4.78, 5) is 16.6. The van der Waals surface area contributed by atoms with Gasteiger partial charge in [-0.1, -0.05) is 25.0 Å². The molecule has 0 radical (unpaired) electrons. The molecule has 1 saturated carbocycles. The van der Waals surface area contributed by atoms with Crippen LogP contribution in [0.4, 0.5) is 0 Å². The number of hydrogen-bond acceptors (Lipinski definition) is 3. The van der Waals surface area contributed by atoms with Crippen LogP contribution >= 0.6 is 22.9 Å². The van der Waals surface area contributed by atoms with Gasteiger partial charge in [-0.2, -0.15) is 0 Å². The summed E-state index contributed by atoms with van der Waals surface area (Å²) in [6.45, 7) is 0. The van der Waals surface area contributed by atoms with Gasteiger partial charge in [-0.05, 0) is 25.0 Å². The van der Waals surface area contributed by atoms with Gasteiger partial charge in [-0.3, -0.25) is 4.79 Å². The summed E-state index contributed by atoms with van der Waals surface area (Å²) < 4.78 is 0. The maximum atomic E-state index is 12.2. The van der Waals surface area contributed by atoms with Crippen LogP contribution in [-0.2, 0) is 5.88 Å². The summed E-state index contributed by atoms with van der Waals surface area (Å²) in [6, 6.07) is 7.96. The first kappa shape index (κ1) is 14.5. The zero-order valence-corrected chi connectivity index (χ0v) is 13.2. The van der Waals surface area contributed by atoms with Gasteiger partial charge in [0.1, 0.15) is 5.01 Å². The van der Waals surface area contributed by atoms with Gasteiger partial charge in [0.2, 0.25) is 0 Å². The maximum absolute atomic E-state index is 12.2. The number of nitrogens with zero attached hydrogens (tertiary/aromatic N) is 1. The zero-order chi connectivity index (χ0) is 14.7. The molecule has 1 amide bonds. The van der Waals surface area contributed by atoms with Crippen molar-refractivity contribution in [2.45, 2.75) is 37.6 Å². The highest BCUT2D eigenvalue weighted by atomic mass is 35.5. The van der Waals surface area contributed by atoms with Crippen molar-refractivity contribution in [3.63, 3.8) is 0 Å². The number of rotatable bonds is 4. The minimum absolute atomic E-state index is 0.0223. The Bertz CT molecular complexity index is 617. The average molecular weight is 321 g/mol. The molecule has 1 aliphatic carbocycles. The van der Waals surface area contributed by atoms with Gasteiger partial charge in [0.15, 0.2) is 0 Å². The van der Waals surface area contributed by atoms with Crippen LogP contribution in [0.25, 0.3) is 10.6 Å². The third kappa shape index (κ3) is 3.44. The second-order valence-electron chi connectivity index (χ2n) is 5.31. The molecular formula is C16H17ClN2OS.